The molecule has 0 heterocycles. The van der Waals surface area contributed by atoms with Gasteiger partial charge < -0.3 is 10.0 Å². The zero-order valence-electron chi connectivity index (χ0n) is 9.48. The number of nitrogens with zero attached hydrogens (tertiary/aromatic N) is 3. The summed E-state index contributed by atoms with van der Waals surface area (Å²) >= 11 is 0. The molecule has 0 saturated heterocycles. The molecule has 96 valence electrons. The van der Waals surface area contributed by atoms with E-state index in [1.54, 1.807) is 0 Å². The van der Waals surface area contributed by atoms with Gasteiger partial charge in [0.25, 0.3) is 11.4 Å². The van der Waals surface area contributed by atoms with E-state index in [0.29, 0.717) is 0 Å². The number of hydrogen-bond donors (Lipinski definition) is 1. The first kappa shape index (κ1) is 13.4. The van der Waals surface area contributed by atoms with E-state index in [1.807, 2.05) is 0 Å². The summed E-state index contributed by atoms with van der Waals surface area (Å²) < 4.78 is 0. The number of carbonyl (C=O) groups is 1. The Labute approximate surface area is 101 Å². The Bertz CT molecular complexity index is 504. The largest absolute Gasteiger partial charge is 0.478 e. The molecule has 0 aliphatic carbocycles. The zero-order chi connectivity index (χ0) is 14.0. The van der Waals surface area contributed by atoms with Gasteiger partial charge in [0, 0.05) is 20.2 Å². The molecular weight excluding hydrogens is 246 g/mol. The van der Waals surface area contributed by atoms with Crippen molar-refractivity contribution < 1.29 is 19.7 Å². The fourth-order valence-corrected chi connectivity index (χ4v) is 1.48. The molecule has 0 aromatic heterocycles. The van der Waals surface area contributed by atoms with Crippen molar-refractivity contribution in [2.45, 2.75) is 0 Å². The molecule has 1 aromatic rings. The predicted octanol–water partition coefficient (Wildman–Crippen LogP) is 1.27. The number of rotatable bonds is 4. The number of carboxylic acids is 1. The van der Waals surface area contributed by atoms with Crippen LogP contribution >= 0.6 is 0 Å². The highest BCUT2D eigenvalue weighted by atomic mass is 16.6. The molecule has 0 unspecified atom stereocenters. The summed E-state index contributed by atoms with van der Waals surface area (Å²) in [5.41, 5.74) is -1.92. The van der Waals surface area contributed by atoms with Crippen LogP contribution in [0.15, 0.2) is 12.1 Å². The van der Waals surface area contributed by atoms with Crippen molar-refractivity contribution in [3.8, 4) is 0 Å². The van der Waals surface area contributed by atoms with E-state index >= 15 is 0 Å². The summed E-state index contributed by atoms with van der Waals surface area (Å²) in [4.78, 5) is 32.0. The highest BCUT2D eigenvalue weighted by molar-refractivity contribution is 5.98. The second-order valence-electron chi connectivity index (χ2n) is 3.57. The van der Waals surface area contributed by atoms with Crippen LogP contribution in [0.2, 0.25) is 0 Å². The zero-order valence-corrected chi connectivity index (χ0v) is 9.48. The third kappa shape index (κ3) is 2.34. The lowest BCUT2D eigenvalue weighted by Gasteiger charge is -2.15. The maximum absolute atomic E-state index is 11.0. The topological polar surface area (TPSA) is 127 Å². The quantitative estimate of drug-likeness (QED) is 0.633. The van der Waals surface area contributed by atoms with Crippen molar-refractivity contribution >= 4 is 23.0 Å². The van der Waals surface area contributed by atoms with Crippen LogP contribution in [0.25, 0.3) is 0 Å². The minimum atomic E-state index is -1.47. The smallest absolute Gasteiger partial charge is 0.338 e. The van der Waals surface area contributed by atoms with Crippen LogP contribution in [0.3, 0.4) is 0 Å². The second-order valence-corrected chi connectivity index (χ2v) is 3.57. The van der Waals surface area contributed by atoms with Crippen molar-refractivity contribution in [1.82, 2.24) is 0 Å². The monoisotopic (exact) mass is 255 g/mol. The third-order valence-electron chi connectivity index (χ3n) is 2.16. The van der Waals surface area contributed by atoms with Crippen LogP contribution in [0.4, 0.5) is 17.1 Å². The molecule has 0 atom stereocenters. The van der Waals surface area contributed by atoms with E-state index in [-0.39, 0.29) is 5.69 Å². The molecule has 0 aliphatic rings. The van der Waals surface area contributed by atoms with E-state index in [1.165, 1.54) is 19.0 Å². The van der Waals surface area contributed by atoms with Gasteiger partial charge in [-0.05, 0) is 0 Å². The van der Waals surface area contributed by atoms with E-state index in [2.05, 4.69) is 0 Å². The Hall–Kier alpha value is -2.71. The van der Waals surface area contributed by atoms with E-state index in [9.17, 15) is 25.0 Å². The lowest BCUT2D eigenvalue weighted by Crippen LogP contribution is -2.16. The van der Waals surface area contributed by atoms with Gasteiger partial charge in [0.15, 0.2) is 0 Å². The molecule has 0 fully saturated rings. The Morgan fingerprint density at radius 2 is 1.78 bits per heavy atom. The molecule has 1 rings (SSSR count). The summed E-state index contributed by atoms with van der Waals surface area (Å²) in [7, 11) is 2.83. The molecule has 0 radical (unpaired) electrons. The molecule has 18 heavy (non-hydrogen) atoms. The number of nitro benzene ring substituents is 2. The minimum absolute atomic E-state index is 0.182. The lowest BCUT2D eigenvalue weighted by atomic mass is 10.1. The summed E-state index contributed by atoms with van der Waals surface area (Å²) in [6.45, 7) is 0. The fourth-order valence-electron chi connectivity index (χ4n) is 1.48. The first-order valence-corrected chi connectivity index (χ1v) is 4.63. The maximum Gasteiger partial charge on any atom is 0.338 e. The average Bonchev–Trinajstić information content (AvgIpc) is 2.26. The van der Waals surface area contributed by atoms with Gasteiger partial charge in [0.2, 0.25) is 0 Å². The number of nitro groups is 2. The minimum Gasteiger partial charge on any atom is -0.478 e. The van der Waals surface area contributed by atoms with Gasteiger partial charge >= 0.3 is 5.97 Å². The Balaban J connectivity index is 3.71. The van der Waals surface area contributed by atoms with Crippen LogP contribution in [0, 0.1) is 20.2 Å². The molecule has 1 N–H and O–H groups in total. The van der Waals surface area contributed by atoms with Gasteiger partial charge in [0.1, 0.15) is 5.69 Å². The number of benzene rings is 1. The Morgan fingerprint density at radius 3 is 2.11 bits per heavy atom. The third-order valence-corrected chi connectivity index (χ3v) is 2.16. The van der Waals surface area contributed by atoms with Crippen molar-refractivity contribution in [1.29, 1.82) is 0 Å². The number of aromatic carboxylic acids is 1. The fraction of sp³-hybridized carbons (Fsp3) is 0.222. The first-order valence-electron chi connectivity index (χ1n) is 4.63. The molecule has 1 aromatic carbocycles. The molecule has 9 heteroatoms. The molecule has 0 spiro atoms. The summed E-state index contributed by atoms with van der Waals surface area (Å²) in [5.74, 6) is -1.47. The van der Waals surface area contributed by atoms with Crippen molar-refractivity contribution in [2.24, 2.45) is 0 Å². The highest BCUT2D eigenvalue weighted by Gasteiger charge is 2.28. The number of carboxylic acid groups (broad SMARTS) is 1. The van der Waals surface area contributed by atoms with Crippen LogP contribution in [0.5, 0.6) is 0 Å². The normalized spacial score (nSPS) is 9.89. The summed E-state index contributed by atoms with van der Waals surface area (Å²) in [6, 6.07) is 1.53. The summed E-state index contributed by atoms with van der Waals surface area (Å²) in [5, 5.41) is 30.4. The lowest BCUT2D eigenvalue weighted by molar-refractivity contribution is -0.393. The Kier molecular flexibility index (Phi) is 3.45. The van der Waals surface area contributed by atoms with Crippen LogP contribution in [0.1, 0.15) is 10.4 Å². The van der Waals surface area contributed by atoms with E-state index < -0.39 is 32.8 Å². The van der Waals surface area contributed by atoms with Crippen molar-refractivity contribution in [3.05, 3.63) is 37.9 Å². The molecule has 0 amide bonds. The van der Waals surface area contributed by atoms with Gasteiger partial charge in [-0.15, -0.1) is 0 Å². The van der Waals surface area contributed by atoms with Crippen molar-refractivity contribution in [3.63, 3.8) is 0 Å². The Morgan fingerprint density at radius 1 is 1.22 bits per heavy atom. The number of non-ortho nitro benzene ring substituents is 1. The van der Waals surface area contributed by atoms with Gasteiger partial charge in [0.05, 0.1) is 21.5 Å². The summed E-state index contributed by atoms with van der Waals surface area (Å²) in [6.07, 6.45) is 0. The maximum atomic E-state index is 11.0. The molecule has 0 aliphatic heterocycles. The first-order chi connectivity index (χ1) is 8.25. The van der Waals surface area contributed by atoms with Gasteiger partial charge in [-0.2, -0.15) is 0 Å². The van der Waals surface area contributed by atoms with Gasteiger partial charge in [-0.1, -0.05) is 0 Å². The average molecular weight is 255 g/mol. The highest BCUT2D eigenvalue weighted by Crippen LogP contribution is 2.35. The SMILES string of the molecule is CN(C)c1c(C(=O)O)cc([N+](=O)[O-])cc1[N+](=O)[O-]. The molecule has 9 nitrogen and oxygen atoms in total. The van der Waals surface area contributed by atoms with Crippen LogP contribution < -0.4 is 4.90 Å². The van der Waals surface area contributed by atoms with Crippen molar-refractivity contribution in [2.75, 3.05) is 19.0 Å². The van der Waals surface area contributed by atoms with Crippen LogP contribution in [-0.4, -0.2) is 35.0 Å². The van der Waals surface area contributed by atoms with Gasteiger partial charge in [-0.25, -0.2) is 4.79 Å². The van der Waals surface area contributed by atoms with E-state index in [4.69, 9.17) is 5.11 Å². The second kappa shape index (κ2) is 4.65. The molecule has 0 saturated carbocycles. The standard InChI is InChI=1S/C9H9N3O6/c1-10(2)8-6(9(13)14)3-5(11(15)16)4-7(8)12(17)18/h3-4H,1-2H3,(H,13,14). The molecule has 0 bridgehead atoms. The van der Waals surface area contributed by atoms with E-state index in [0.717, 1.165) is 12.1 Å². The molecular formula is C9H9N3O6. The van der Waals surface area contributed by atoms with Crippen LogP contribution in [-0.2, 0) is 0 Å². The number of anilines is 1. The number of hydrogen-bond acceptors (Lipinski definition) is 6. The predicted molar refractivity (Wildman–Crippen MR) is 61.0 cm³/mol. The van der Waals surface area contributed by atoms with Gasteiger partial charge in [-0.3, -0.25) is 20.2 Å².